The minimum atomic E-state index is -0.251. The van der Waals surface area contributed by atoms with E-state index in [4.69, 9.17) is 16.0 Å². The third-order valence-corrected chi connectivity index (χ3v) is 3.22. The predicted molar refractivity (Wildman–Crippen MR) is 78.9 cm³/mol. The first kappa shape index (κ1) is 13.5. The molecule has 0 aliphatic heterocycles. The van der Waals surface area contributed by atoms with Gasteiger partial charge in [-0.1, -0.05) is 23.7 Å². The van der Waals surface area contributed by atoms with E-state index < -0.39 is 0 Å². The maximum Gasteiger partial charge on any atom is 0.272 e. The van der Waals surface area contributed by atoms with E-state index in [1.165, 1.54) is 0 Å². The molecule has 2 heterocycles. The summed E-state index contributed by atoms with van der Waals surface area (Å²) in [6.07, 6.45) is 1.57. The summed E-state index contributed by atoms with van der Waals surface area (Å²) in [5.74, 6) is 0.387. The molecule has 0 aliphatic rings. The third-order valence-electron chi connectivity index (χ3n) is 2.96. The van der Waals surface area contributed by atoms with Crippen LogP contribution in [0.2, 0.25) is 5.02 Å². The fraction of sp³-hybridized carbons (Fsp3) is 0.0667. The van der Waals surface area contributed by atoms with E-state index in [9.17, 15) is 4.79 Å². The summed E-state index contributed by atoms with van der Waals surface area (Å²) in [5.41, 5.74) is 1.95. The van der Waals surface area contributed by atoms with E-state index in [0.717, 1.165) is 5.56 Å². The molecule has 0 unspecified atom stereocenters. The van der Waals surface area contributed by atoms with Crippen LogP contribution in [0.15, 0.2) is 53.1 Å². The Morgan fingerprint density at radius 2 is 2.10 bits per heavy atom. The second-order valence-electron chi connectivity index (χ2n) is 4.45. The van der Waals surface area contributed by atoms with Crippen LogP contribution < -0.4 is 5.32 Å². The van der Waals surface area contributed by atoms with Crippen LogP contribution in [0.5, 0.6) is 0 Å². The van der Waals surface area contributed by atoms with E-state index in [-0.39, 0.29) is 5.91 Å². The van der Waals surface area contributed by atoms with Gasteiger partial charge in [0.2, 0.25) is 0 Å². The summed E-state index contributed by atoms with van der Waals surface area (Å²) < 4.78 is 5.24. The fourth-order valence-electron chi connectivity index (χ4n) is 1.87. The Morgan fingerprint density at radius 1 is 1.29 bits per heavy atom. The summed E-state index contributed by atoms with van der Waals surface area (Å²) in [6.45, 7) is 0.416. The number of nitrogens with zero attached hydrogens (tertiary/aromatic N) is 1. The largest absolute Gasteiger partial charge is 0.463 e. The number of carbonyl (C=O) groups is 1. The van der Waals surface area contributed by atoms with Crippen molar-refractivity contribution in [2.24, 2.45) is 0 Å². The molecule has 0 saturated carbocycles. The summed E-state index contributed by atoms with van der Waals surface area (Å²) in [4.78, 5) is 12.0. The molecule has 3 aromatic rings. The molecule has 0 radical (unpaired) electrons. The van der Waals surface area contributed by atoms with Gasteiger partial charge < -0.3 is 9.73 Å². The number of aromatic nitrogens is 2. The maximum atomic E-state index is 12.0. The van der Waals surface area contributed by atoms with E-state index in [1.54, 1.807) is 36.6 Å². The zero-order valence-corrected chi connectivity index (χ0v) is 11.7. The van der Waals surface area contributed by atoms with Gasteiger partial charge in [0.15, 0.2) is 11.5 Å². The normalized spacial score (nSPS) is 10.5. The van der Waals surface area contributed by atoms with Gasteiger partial charge in [0.25, 0.3) is 5.91 Å². The molecule has 2 N–H and O–H groups in total. The Bertz CT molecular complexity index is 733. The van der Waals surface area contributed by atoms with Gasteiger partial charge >= 0.3 is 0 Å². The first-order valence-electron chi connectivity index (χ1n) is 6.34. The lowest BCUT2D eigenvalue weighted by molar-refractivity contribution is 0.0946. The molecule has 0 fully saturated rings. The summed E-state index contributed by atoms with van der Waals surface area (Å²) >= 11 is 5.81. The molecular formula is C15H12ClN3O2. The van der Waals surface area contributed by atoms with Crippen molar-refractivity contribution in [1.82, 2.24) is 15.5 Å². The molecule has 3 rings (SSSR count). The van der Waals surface area contributed by atoms with Gasteiger partial charge in [0.05, 0.1) is 6.26 Å². The number of amides is 1. The second kappa shape index (κ2) is 5.85. The highest BCUT2D eigenvalue weighted by Crippen LogP contribution is 2.17. The topological polar surface area (TPSA) is 70.9 Å². The molecule has 6 heteroatoms. The Morgan fingerprint density at radius 3 is 2.81 bits per heavy atom. The van der Waals surface area contributed by atoms with Crippen LogP contribution in [0.1, 0.15) is 16.1 Å². The first-order chi connectivity index (χ1) is 10.2. The Kier molecular flexibility index (Phi) is 3.75. The fourth-order valence-corrected chi connectivity index (χ4v) is 2.00. The smallest absolute Gasteiger partial charge is 0.272 e. The van der Waals surface area contributed by atoms with Gasteiger partial charge in [-0.15, -0.1) is 0 Å². The number of rotatable bonds is 4. The van der Waals surface area contributed by atoms with Crippen molar-refractivity contribution >= 4 is 17.5 Å². The zero-order valence-electron chi connectivity index (χ0n) is 11.0. The minimum absolute atomic E-state index is 0.251. The van der Waals surface area contributed by atoms with Crippen molar-refractivity contribution in [2.45, 2.75) is 6.54 Å². The van der Waals surface area contributed by atoms with Crippen LogP contribution in [0.4, 0.5) is 0 Å². The van der Waals surface area contributed by atoms with Crippen molar-refractivity contribution in [2.75, 3.05) is 0 Å². The van der Waals surface area contributed by atoms with E-state index in [2.05, 4.69) is 15.5 Å². The van der Waals surface area contributed by atoms with Crippen molar-refractivity contribution in [3.8, 4) is 11.5 Å². The molecule has 21 heavy (non-hydrogen) atoms. The number of carbonyl (C=O) groups excluding carboxylic acids is 1. The third kappa shape index (κ3) is 3.14. The van der Waals surface area contributed by atoms with Gasteiger partial charge in [-0.3, -0.25) is 9.89 Å². The monoisotopic (exact) mass is 301 g/mol. The number of hydrogen-bond acceptors (Lipinski definition) is 3. The van der Waals surface area contributed by atoms with Crippen LogP contribution in [-0.4, -0.2) is 16.1 Å². The Labute approximate surface area is 125 Å². The van der Waals surface area contributed by atoms with Gasteiger partial charge in [-0.25, -0.2) is 0 Å². The number of H-pyrrole nitrogens is 1. The summed E-state index contributed by atoms with van der Waals surface area (Å²) in [5, 5.41) is 10.2. The molecule has 0 atom stereocenters. The number of hydrogen-bond donors (Lipinski definition) is 2. The lowest BCUT2D eigenvalue weighted by Gasteiger charge is -2.03. The highest BCUT2D eigenvalue weighted by Gasteiger charge is 2.12. The highest BCUT2D eigenvalue weighted by molar-refractivity contribution is 6.30. The van der Waals surface area contributed by atoms with Crippen molar-refractivity contribution in [3.05, 3.63) is 65.0 Å². The van der Waals surface area contributed by atoms with Crippen LogP contribution in [0.3, 0.4) is 0 Å². The number of benzene rings is 1. The van der Waals surface area contributed by atoms with Crippen LogP contribution >= 0.6 is 11.6 Å². The Balaban J connectivity index is 1.64. The molecule has 1 aromatic carbocycles. The molecule has 0 spiro atoms. The maximum absolute atomic E-state index is 12.0. The van der Waals surface area contributed by atoms with E-state index >= 15 is 0 Å². The second-order valence-corrected chi connectivity index (χ2v) is 4.89. The first-order valence-corrected chi connectivity index (χ1v) is 6.72. The number of furan rings is 1. The predicted octanol–water partition coefficient (Wildman–Crippen LogP) is 3.25. The average molecular weight is 302 g/mol. The van der Waals surface area contributed by atoms with Crippen molar-refractivity contribution in [1.29, 1.82) is 0 Å². The summed E-state index contributed by atoms with van der Waals surface area (Å²) in [6, 6.07) is 12.5. The quantitative estimate of drug-likeness (QED) is 0.777. The van der Waals surface area contributed by atoms with E-state index in [0.29, 0.717) is 28.7 Å². The SMILES string of the molecule is O=C(NCc1ccc(Cl)cc1)c1cc(-c2ccco2)[nH]n1. The van der Waals surface area contributed by atoms with Gasteiger partial charge in [-0.05, 0) is 29.8 Å². The Hall–Kier alpha value is -2.53. The molecule has 5 nitrogen and oxygen atoms in total. The molecule has 0 saturated heterocycles. The molecule has 0 bridgehead atoms. The molecule has 2 aromatic heterocycles. The van der Waals surface area contributed by atoms with Gasteiger partial charge in [0, 0.05) is 17.6 Å². The van der Waals surface area contributed by atoms with Crippen LogP contribution in [0.25, 0.3) is 11.5 Å². The molecule has 1 amide bonds. The lowest BCUT2D eigenvalue weighted by atomic mass is 10.2. The summed E-state index contributed by atoms with van der Waals surface area (Å²) in [7, 11) is 0. The van der Waals surface area contributed by atoms with E-state index in [1.807, 2.05) is 12.1 Å². The molecule has 106 valence electrons. The van der Waals surface area contributed by atoms with Crippen LogP contribution in [0, 0.1) is 0 Å². The number of aromatic amines is 1. The highest BCUT2D eigenvalue weighted by atomic mass is 35.5. The average Bonchev–Trinajstić information content (AvgIpc) is 3.17. The number of halogens is 1. The van der Waals surface area contributed by atoms with Crippen molar-refractivity contribution in [3.63, 3.8) is 0 Å². The standard InChI is InChI=1S/C15H12ClN3O2/c16-11-5-3-10(4-6-11)9-17-15(20)13-8-12(18-19-13)14-2-1-7-21-14/h1-8H,9H2,(H,17,20)(H,18,19). The molecule has 0 aliphatic carbocycles. The lowest BCUT2D eigenvalue weighted by Crippen LogP contribution is -2.23. The van der Waals surface area contributed by atoms with Crippen molar-refractivity contribution < 1.29 is 9.21 Å². The van der Waals surface area contributed by atoms with Crippen LogP contribution in [-0.2, 0) is 6.54 Å². The minimum Gasteiger partial charge on any atom is -0.463 e. The van der Waals surface area contributed by atoms with Gasteiger partial charge in [0.1, 0.15) is 5.69 Å². The number of nitrogens with one attached hydrogen (secondary N) is 2. The molecular weight excluding hydrogens is 290 g/mol. The zero-order chi connectivity index (χ0) is 14.7. The van der Waals surface area contributed by atoms with Gasteiger partial charge in [-0.2, -0.15) is 5.10 Å².